The molecule has 1 rings (SSSR count). The van der Waals surface area contributed by atoms with Crippen molar-refractivity contribution in [3.63, 3.8) is 0 Å². The molecule has 0 radical (unpaired) electrons. The molecule has 0 fully saturated rings. The van der Waals surface area contributed by atoms with Crippen molar-refractivity contribution in [2.24, 2.45) is 0 Å². The van der Waals surface area contributed by atoms with E-state index in [1.165, 1.54) is 6.92 Å². The number of nitrogens with zero attached hydrogens (tertiary/aromatic N) is 3. The van der Waals surface area contributed by atoms with E-state index in [1.54, 1.807) is 41.5 Å². The third-order valence-electron chi connectivity index (χ3n) is 1.86. The first kappa shape index (κ1) is 18.1. The van der Waals surface area contributed by atoms with Gasteiger partial charge in [-0.3, -0.25) is 10.1 Å². The Kier molecular flexibility index (Phi) is 5.26. The molecule has 1 aromatic heterocycles. The highest BCUT2D eigenvalue weighted by Crippen LogP contribution is 2.35. The second-order valence-corrected chi connectivity index (χ2v) is 6.54. The Balaban J connectivity index is 3.15. The summed E-state index contributed by atoms with van der Waals surface area (Å²) in [5.74, 6) is -0.481. The zero-order valence-corrected chi connectivity index (χ0v) is 13.8. The maximum atomic E-state index is 11.3. The van der Waals surface area contributed by atoms with E-state index < -0.39 is 21.8 Å². The van der Waals surface area contributed by atoms with Gasteiger partial charge in [-0.25, -0.2) is 0 Å². The standard InChI is InChI=1S/C13H21N3O6/c1-8-14-10(19-21-12(2,3)4)9(16(17)18)11(15-8)20-22-13(5,6)7/h1-7H3. The van der Waals surface area contributed by atoms with E-state index in [-0.39, 0.29) is 17.6 Å². The van der Waals surface area contributed by atoms with Crippen LogP contribution in [0.25, 0.3) is 0 Å². The lowest BCUT2D eigenvalue weighted by atomic mass is 10.2. The Morgan fingerprint density at radius 3 is 1.55 bits per heavy atom. The van der Waals surface area contributed by atoms with E-state index in [0.717, 1.165) is 0 Å². The van der Waals surface area contributed by atoms with Gasteiger partial charge in [-0.2, -0.15) is 19.7 Å². The summed E-state index contributed by atoms with van der Waals surface area (Å²) in [4.78, 5) is 38.4. The van der Waals surface area contributed by atoms with Crippen LogP contribution in [0.2, 0.25) is 0 Å². The predicted octanol–water partition coefficient (Wildman–Crippen LogP) is 2.91. The highest BCUT2D eigenvalue weighted by Gasteiger charge is 2.31. The van der Waals surface area contributed by atoms with Crippen LogP contribution in [0.1, 0.15) is 47.4 Å². The van der Waals surface area contributed by atoms with E-state index in [1.807, 2.05) is 0 Å². The van der Waals surface area contributed by atoms with Gasteiger partial charge < -0.3 is 9.78 Å². The molecule has 0 spiro atoms. The molecule has 0 saturated heterocycles. The minimum atomic E-state index is -0.720. The van der Waals surface area contributed by atoms with Gasteiger partial charge >= 0.3 is 17.4 Å². The molecule has 124 valence electrons. The van der Waals surface area contributed by atoms with Crippen LogP contribution in [0.3, 0.4) is 0 Å². The lowest BCUT2D eigenvalue weighted by molar-refractivity contribution is -0.396. The smallest absolute Gasteiger partial charge is 0.308 e. The summed E-state index contributed by atoms with van der Waals surface area (Å²) in [5, 5.41) is 11.3. The maximum absolute atomic E-state index is 11.3. The van der Waals surface area contributed by atoms with Crippen molar-refractivity contribution >= 4 is 5.69 Å². The fraction of sp³-hybridized carbons (Fsp3) is 0.692. The van der Waals surface area contributed by atoms with E-state index >= 15 is 0 Å². The molecule has 0 aromatic carbocycles. The summed E-state index contributed by atoms with van der Waals surface area (Å²) in [6.07, 6.45) is 0. The van der Waals surface area contributed by atoms with Crippen molar-refractivity contribution in [1.29, 1.82) is 0 Å². The number of aromatic nitrogens is 2. The number of aryl methyl sites for hydroxylation is 1. The van der Waals surface area contributed by atoms with Gasteiger partial charge in [0.1, 0.15) is 17.0 Å². The first-order valence-corrected chi connectivity index (χ1v) is 6.63. The Labute approximate surface area is 128 Å². The molecule has 0 bridgehead atoms. The van der Waals surface area contributed by atoms with Gasteiger partial charge in [-0.1, -0.05) is 0 Å². The SMILES string of the molecule is Cc1nc(OOC(C)(C)C)c([N+](=O)[O-])c(OOC(C)(C)C)n1. The summed E-state index contributed by atoms with van der Waals surface area (Å²) < 4.78 is 0. The van der Waals surface area contributed by atoms with Crippen molar-refractivity contribution in [2.45, 2.75) is 59.7 Å². The predicted molar refractivity (Wildman–Crippen MR) is 76.4 cm³/mol. The minimum Gasteiger partial charge on any atom is -0.308 e. The molecule has 0 aliphatic carbocycles. The molecule has 1 heterocycles. The lowest BCUT2D eigenvalue weighted by Gasteiger charge is -2.19. The molecule has 1 aromatic rings. The molecule has 0 N–H and O–H groups in total. The Morgan fingerprint density at radius 2 is 1.27 bits per heavy atom. The number of nitro groups is 1. The fourth-order valence-corrected chi connectivity index (χ4v) is 1.12. The van der Waals surface area contributed by atoms with Crippen molar-refractivity contribution in [3.8, 4) is 11.8 Å². The van der Waals surface area contributed by atoms with Gasteiger partial charge in [0.05, 0.1) is 4.92 Å². The highest BCUT2D eigenvalue weighted by atomic mass is 17.2. The van der Waals surface area contributed by atoms with E-state index in [9.17, 15) is 10.1 Å². The molecule has 0 amide bonds. The van der Waals surface area contributed by atoms with E-state index in [2.05, 4.69) is 9.97 Å². The quantitative estimate of drug-likeness (QED) is 0.464. The normalized spacial score (nSPS) is 12.1. The molecule has 9 nitrogen and oxygen atoms in total. The van der Waals surface area contributed by atoms with Crippen LogP contribution in [0.5, 0.6) is 11.8 Å². The zero-order valence-electron chi connectivity index (χ0n) is 13.8. The van der Waals surface area contributed by atoms with E-state index in [4.69, 9.17) is 19.6 Å². The first-order chi connectivity index (χ1) is 9.89. The molecule has 0 atom stereocenters. The molecule has 0 aliphatic heterocycles. The Bertz CT molecular complexity index is 509. The van der Waals surface area contributed by atoms with Crippen LogP contribution in [0, 0.1) is 17.0 Å². The monoisotopic (exact) mass is 315 g/mol. The molecule has 0 saturated carbocycles. The topological polar surface area (TPSA) is 106 Å². The second-order valence-electron chi connectivity index (χ2n) is 6.54. The second kappa shape index (κ2) is 6.41. The molecule has 0 unspecified atom stereocenters. The van der Waals surface area contributed by atoms with Gasteiger partial charge in [0.25, 0.3) is 0 Å². The third kappa shape index (κ3) is 5.78. The molecule has 22 heavy (non-hydrogen) atoms. The lowest BCUT2D eigenvalue weighted by Crippen LogP contribution is -2.23. The fourth-order valence-electron chi connectivity index (χ4n) is 1.12. The van der Waals surface area contributed by atoms with Crippen LogP contribution in [0.4, 0.5) is 5.69 Å². The Morgan fingerprint density at radius 1 is 0.909 bits per heavy atom. The third-order valence-corrected chi connectivity index (χ3v) is 1.86. The molecule has 0 aliphatic rings. The van der Waals surface area contributed by atoms with Crippen molar-refractivity contribution < 1.29 is 24.5 Å². The van der Waals surface area contributed by atoms with Crippen molar-refractivity contribution in [2.75, 3.05) is 0 Å². The van der Waals surface area contributed by atoms with Crippen molar-refractivity contribution in [1.82, 2.24) is 9.97 Å². The van der Waals surface area contributed by atoms with Crippen molar-refractivity contribution in [3.05, 3.63) is 15.9 Å². The highest BCUT2D eigenvalue weighted by molar-refractivity contribution is 5.49. The summed E-state index contributed by atoms with van der Waals surface area (Å²) in [7, 11) is 0. The van der Waals surface area contributed by atoms with Crippen LogP contribution >= 0.6 is 0 Å². The van der Waals surface area contributed by atoms with Gasteiger partial charge in [0.2, 0.25) is 0 Å². The van der Waals surface area contributed by atoms with Crippen LogP contribution < -0.4 is 9.78 Å². The zero-order chi connectivity index (χ0) is 17.1. The van der Waals surface area contributed by atoms with Crippen LogP contribution in [0.15, 0.2) is 0 Å². The van der Waals surface area contributed by atoms with Gasteiger partial charge in [-0.05, 0) is 48.5 Å². The molecule has 9 heteroatoms. The largest absolute Gasteiger partial charge is 0.399 e. The number of hydrogen-bond acceptors (Lipinski definition) is 8. The average Bonchev–Trinajstić information content (AvgIpc) is 2.31. The van der Waals surface area contributed by atoms with Crippen LogP contribution in [-0.2, 0) is 9.78 Å². The van der Waals surface area contributed by atoms with Gasteiger partial charge in [0.15, 0.2) is 0 Å². The summed E-state index contributed by atoms with van der Waals surface area (Å²) in [6, 6.07) is 0. The minimum absolute atomic E-state index is 0.214. The molecular weight excluding hydrogens is 294 g/mol. The number of rotatable bonds is 5. The summed E-state index contributed by atoms with van der Waals surface area (Å²) in [6.45, 7) is 11.9. The molecular formula is C13H21N3O6. The number of hydrogen-bond donors (Lipinski definition) is 0. The van der Waals surface area contributed by atoms with Gasteiger partial charge in [-0.15, -0.1) is 0 Å². The summed E-state index contributed by atoms with van der Waals surface area (Å²) >= 11 is 0. The maximum Gasteiger partial charge on any atom is 0.399 e. The van der Waals surface area contributed by atoms with E-state index in [0.29, 0.717) is 0 Å². The van der Waals surface area contributed by atoms with Crippen LogP contribution in [-0.4, -0.2) is 26.1 Å². The van der Waals surface area contributed by atoms with Gasteiger partial charge in [0, 0.05) is 0 Å². The average molecular weight is 315 g/mol. The Hall–Kier alpha value is -2.00. The summed E-state index contributed by atoms with van der Waals surface area (Å²) in [5.41, 5.74) is -1.91. The first-order valence-electron chi connectivity index (χ1n) is 6.63.